The summed E-state index contributed by atoms with van der Waals surface area (Å²) in [5, 5.41) is 4.93. The topological polar surface area (TPSA) is 98.8 Å². The molecule has 8 nitrogen and oxygen atoms in total. The van der Waals surface area contributed by atoms with Crippen LogP contribution in [0.5, 0.6) is 0 Å². The molecule has 0 radical (unpaired) electrons. The van der Waals surface area contributed by atoms with Gasteiger partial charge in [-0.3, -0.25) is 15.0 Å². The predicted molar refractivity (Wildman–Crippen MR) is 108 cm³/mol. The maximum absolute atomic E-state index is 12.8. The highest BCUT2D eigenvalue weighted by Gasteiger charge is 2.29. The fraction of sp³-hybridized carbons (Fsp3) is 0.579. The number of carbonyl (C=O) groups excluding carboxylic acids is 2. The van der Waals surface area contributed by atoms with Crippen LogP contribution < -0.4 is 10.6 Å². The van der Waals surface area contributed by atoms with Crippen molar-refractivity contribution >= 4 is 22.0 Å². The summed E-state index contributed by atoms with van der Waals surface area (Å²) in [7, 11) is -3.54. The maximum atomic E-state index is 12.8. The SMILES string of the molecule is CCCCNC(=O)NC(=O)CN1CCN(S(=O)(=O)c2ccc(C)c(C)c2)CC1. The van der Waals surface area contributed by atoms with Crippen molar-refractivity contribution < 1.29 is 18.0 Å². The van der Waals surface area contributed by atoms with Crippen molar-refractivity contribution in [1.82, 2.24) is 19.8 Å². The lowest BCUT2D eigenvalue weighted by Gasteiger charge is -2.33. The molecule has 0 spiro atoms. The minimum absolute atomic E-state index is 0.0682. The molecular formula is C19H30N4O4S. The smallest absolute Gasteiger partial charge is 0.321 e. The van der Waals surface area contributed by atoms with Gasteiger partial charge in [0.05, 0.1) is 11.4 Å². The largest absolute Gasteiger partial charge is 0.338 e. The number of sulfonamides is 1. The number of hydrogen-bond donors (Lipinski definition) is 2. The Morgan fingerprint density at radius 1 is 1.07 bits per heavy atom. The van der Waals surface area contributed by atoms with Gasteiger partial charge >= 0.3 is 6.03 Å². The zero-order valence-corrected chi connectivity index (χ0v) is 17.6. The van der Waals surface area contributed by atoms with E-state index in [0.717, 1.165) is 24.0 Å². The fourth-order valence-electron chi connectivity index (χ4n) is 2.94. The Balaban J connectivity index is 1.84. The zero-order valence-electron chi connectivity index (χ0n) is 16.8. The van der Waals surface area contributed by atoms with Gasteiger partial charge in [0.2, 0.25) is 15.9 Å². The lowest BCUT2D eigenvalue weighted by atomic mass is 10.1. The van der Waals surface area contributed by atoms with Crippen LogP contribution in [0, 0.1) is 13.8 Å². The molecule has 1 heterocycles. The van der Waals surface area contributed by atoms with Crippen LogP contribution in [0.3, 0.4) is 0 Å². The summed E-state index contributed by atoms with van der Waals surface area (Å²) in [4.78, 5) is 25.7. The molecule has 1 aliphatic rings. The molecular weight excluding hydrogens is 380 g/mol. The normalized spacial score (nSPS) is 16.0. The molecule has 0 bridgehead atoms. The number of amides is 3. The van der Waals surface area contributed by atoms with Crippen LogP contribution >= 0.6 is 0 Å². The highest BCUT2D eigenvalue weighted by atomic mass is 32.2. The summed E-state index contributed by atoms with van der Waals surface area (Å²) in [6.07, 6.45) is 1.82. The first-order valence-corrected chi connectivity index (χ1v) is 11.1. The van der Waals surface area contributed by atoms with Crippen molar-refractivity contribution in [2.75, 3.05) is 39.3 Å². The van der Waals surface area contributed by atoms with E-state index in [1.807, 2.05) is 31.7 Å². The molecule has 1 aliphatic heterocycles. The molecule has 1 saturated heterocycles. The Kier molecular flexibility index (Phi) is 7.97. The van der Waals surface area contributed by atoms with E-state index in [-0.39, 0.29) is 12.5 Å². The van der Waals surface area contributed by atoms with Gasteiger partial charge in [-0.25, -0.2) is 13.2 Å². The average Bonchev–Trinajstić information content (AvgIpc) is 2.64. The molecule has 1 fully saturated rings. The number of nitrogens with one attached hydrogen (secondary N) is 2. The summed E-state index contributed by atoms with van der Waals surface area (Å²) in [6, 6.07) is 4.65. The van der Waals surface area contributed by atoms with E-state index >= 15 is 0 Å². The molecule has 156 valence electrons. The van der Waals surface area contributed by atoms with Gasteiger partial charge in [-0.15, -0.1) is 0 Å². The molecule has 1 aromatic carbocycles. The third-order valence-electron chi connectivity index (χ3n) is 4.88. The molecule has 0 unspecified atom stereocenters. The molecule has 9 heteroatoms. The minimum atomic E-state index is -3.54. The Labute approximate surface area is 167 Å². The number of unbranched alkanes of at least 4 members (excludes halogenated alkanes) is 1. The minimum Gasteiger partial charge on any atom is -0.338 e. The number of piperazine rings is 1. The first-order valence-electron chi connectivity index (χ1n) is 9.61. The van der Waals surface area contributed by atoms with Crippen molar-refractivity contribution in [3.63, 3.8) is 0 Å². The number of imide groups is 1. The van der Waals surface area contributed by atoms with Gasteiger partial charge < -0.3 is 5.32 Å². The number of nitrogens with zero attached hydrogens (tertiary/aromatic N) is 2. The van der Waals surface area contributed by atoms with E-state index in [2.05, 4.69) is 10.6 Å². The Hall–Kier alpha value is -1.97. The number of rotatable bonds is 7. The van der Waals surface area contributed by atoms with Crippen molar-refractivity contribution in [2.45, 2.75) is 38.5 Å². The first kappa shape index (κ1) is 22.3. The monoisotopic (exact) mass is 410 g/mol. The first-order chi connectivity index (χ1) is 13.2. The standard InChI is InChI=1S/C19H30N4O4S/c1-4-5-8-20-19(25)21-18(24)14-22-9-11-23(12-10-22)28(26,27)17-7-6-15(2)16(3)13-17/h6-7,13H,4-5,8-12,14H2,1-3H3,(H2,20,21,24,25). The lowest BCUT2D eigenvalue weighted by molar-refractivity contribution is -0.121. The second-order valence-corrected chi connectivity index (χ2v) is 9.02. The fourth-order valence-corrected chi connectivity index (χ4v) is 4.45. The van der Waals surface area contributed by atoms with Crippen LogP contribution in [-0.4, -0.2) is 68.8 Å². The number of benzene rings is 1. The third-order valence-corrected chi connectivity index (χ3v) is 6.78. The average molecular weight is 411 g/mol. The number of aryl methyl sites for hydroxylation is 2. The molecule has 0 atom stereocenters. The van der Waals surface area contributed by atoms with Crippen LogP contribution in [0.2, 0.25) is 0 Å². The lowest BCUT2D eigenvalue weighted by Crippen LogP contribution is -2.52. The summed E-state index contributed by atoms with van der Waals surface area (Å²) >= 11 is 0. The second-order valence-electron chi connectivity index (χ2n) is 7.08. The molecule has 2 rings (SSSR count). The zero-order chi connectivity index (χ0) is 20.7. The summed E-state index contributed by atoms with van der Waals surface area (Å²) in [5.41, 5.74) is 1.99. The van der Waals surface area contributed by atoms with Gasteiger partial charge in [0.15, 0.2) is 0 Å². The van der Waals surface area contributed by atoms with E-state index in [4.69, 9.17) is 0 Å². The van der Waals surface area contributed by atoms with Gasteiger partial charge in [0.1, 0.15) is 0 Å². The van der Waals surface area contributed by atoms with Crippen molar-refractivity contribution in [3.05, 3.63) is 29.3 Å². The van der Waals surface area contributed by atoms with E-state index in [1.54, 1.807) is 12.1 Å². The van der Waals surface area contributed by atoms with Gasteiger partial charge in [0, 0.05) is 32.7 Å². The third kappa shape index (κ3) is 6.02. The van der Waals surface area contributed by atoms with Crippen LogP contribution in [0.4, 0.5) is 4.79 Å². The highest BCUT2D eigenvalue weighted by Crippen LogP contribution is 2.20. The van der Waals surface area contributed by atoms with Crippen LogP contribution in [0.1, 0.15) is 30.9 Å². The van der Waals surface area contributed by atoms with E-state index in [9.17, 15) is 18.0 Å². The number of hydrogen-bond acceptors (Lipinski definition) is 5. The summed E-state index contributed by atoms with van der Waals surface area (Å²) in [6.45, 7) is 7.96. The van der Waals surface area contributed by atoms with Crippen LogP contribution in [0.15, 0.2) is 23.1 Å². The van der Waals surface area contributed by atoms with Crippen molar-refractivity contribution in [3.8, 4) is 0 Å². The molecule has 0 saturated carbocycles. The molecule has 1 aromatic rings. The molecule has 28 heavy (non-hydrogen) atoms. The second kappa shape index (κ2) is 9.99. The van der Waals surface area contributed by atoms with E-state index in [0.29, 0.717) is 37.6 Å². The molecule has 3 amide bonds. The van der Waals surface area contributed by atoms with Gasteiger partial charge in [-0.1, -0.05) is 19.4 Å². The molecule has 0 aliphatic carbocycles. The highest BCUT2D eigenvalue weighted by molar-refractivity contribution is 7.89. The summed E-state index contributed by atoms with van der Waals surface area (Å²) in [5.74, 6) is -0.389. The van der Waals surface area contributed by atoms with Gasteiger partial charge in [-0.05, 0) is 43.5 Å². The van der Waals surface area contributed by atoms with E-state index < -0.39 is 16.1 Å². The van der Waals surface area contributed by atoms with Crippen molar-refractivity contribution in [2.24, 2.45) is 0 Å². The number of carbonyl (C=O) groups is 2. The quantitative estimate of drug-likeness (QED) is 0.659. The Bertz CT molecular complexity index is 802. The summed E-state index contributed by atoms with van der Waals surface area (Å²) < 4.78 is 27.1. The molecule has 0 aromatic heterocycles. The predicted octanol–water partition coefficient (Wildman–Crippen LogP) is 1.24. The van der Waals surface area contributed by atoms with Crippen LogP contribution in [-0.2, 0) is 14.8 Å². The van der Waals surface area contributed by atoms with Gasteiger partial charge in [-0.2, -0.15) is 4.31 Å². The van der Waals surface area contributed by atoms with Crippen molar-refractivity contribution in [1.29, 1.82) is 0 Å². The van der Waals surface area contributed by atoms with Gasteiger partial charge in [0.25, 0.3) is 0 Å². The Morgan fingerprint density at radius 3 is 2.36 bits per heavy atom. The van der Waals surface area contributed by atoms with E-state index in [1.165, 1.54) is 4.31 Å². The number of urea groups is 1. The van der Waals surface area contributed by atoms with Crippen LogP contribution in [0.25, 0.3) is 0 Å². The molecule has 2 N–H and O–H groups in total. The maximum Gasteiger partial charge on any atom is 0.321 e. The Morgan fingerprint density at radius 2 is 1.75 bits per heavy atom.